The molecule has 8 nitrogen and oxygen atoms in total. The molecule has 1 atom stereocenters. The molecule has 0 fully saturated rings. The highest BCUT2D eigenvalue weighted by Crippen LogP contribution is 2.28. The maximum absolute atomic E-state index is 12.4. The summed E-state index contributed by atoms with van der Waals surface area (Å²) in [6.45, 7) is 1.77. The summed E-state index contributed by atoms with van der Waals surface area (Å²) < 4.78 is 7.75. The number of rotatable bonds is 1. The average molecular weight is 290 g/mol. The Kier molecular flexibility index (Phi) is 2.75. The zero-order chi connectivity index (χ0) is 15.3. The van der Waals surface area contributed by atoms with E-state index in [9.17, 15) is 14.4 Å². The van der Waals surface area contributed by atoms with Gasteiger partial charge in [-0.3, -0.25) is 19.2 Å². The molecule has 1 aliphatic heterocycles. The van der Waals surface area contributed by atoms with Gasteiger partial charge >= 0.3 is 11.7 Å². The van der Waals surface area contributed by atoms with Gasteiger partial charge in [-0.25, -0.2) is 9.59 Å². The van der Waals surface area contributed by atoms with E-state index in [2.05, 4.69) is 10.6 Å². The third-order valence-electron chi connectivity index (χ3n) is 3.54. The summed E-state index contributed by atoms with van der Waals surface area (Å²) in [5.41, 5.74) is -0.705. The molecule has 0 radical (unpaired) electrons. The Morgan fingerprint density at radius 1 is 1.14 bits per heavy atom. The van der Waals surface area contributed by atoms with Crippen LogP contribution < -0.4 is 21.9 Å². The van der Waals surface area contributed by atoms with Gasteiger partial charge in [0.1, 0.15) is 23.4 Å². The maximum Gasteiger partial charge on any atom is 0.332 e. The van der Waals surface area contributed by atoms with E-state index in [1.807, 2.05) is 0 Å². The van der Waals surface area contributed by atoms with Crippen molar-refractivity contribution in [2.24, 2.45) is 14.1 Å². The van der Waals surface area contributed by atoms with Gasteiger partial charge in [-0.1, -0.05) is 0 Å². The smallest absolute Gasteiger partial charge is 0.332 e. The first-order chi connectivity index (χ1) is 9.90. The molecular formula is C13H14N4O4. The number of nitrogens with one attached hydrogen (secondary N) is 2. The average Bonchev–Trinajstić information content (AvgIpc) is 2.88. The lowest BCUT2D eigenvalue weighted by molar-refractivity contribution is 0.246. The van der Waals surface area contributed by atoms with Gasteiger partial charge in [0, 0.05) is 14.1 Å². The van der Waals surface area contributed by atoms with Crippen LogP contribution in [0.2, 0.25) is 0 Å². The van der Waals surface area contributed by atoms with Crippen molar-refractivity contribution in [1.29, 1.82) is 0 Å². The molecular weight excluding hydrogens is 276 g/mol. The summed E-state index contributed by atoms with van der Waals surface area (Å²) >= 11 is 0. The van der Waals surface area contributed by atoms with Gasteiger partial charge in [0.2, 0.25) is 0 Å². The highest BCUT2D eigenvalue weighted by molar-refractivity contribution is 5.92. The van der Waals surface area contributed by atoms with Crippen LogP contribution in [0.1, 0.15) is 23.1 Å². The second kappa shape index (κ2) is 4.37. The number of anilines is 1. The van der Waals surface area contributed by atoms with Crippen LogP contribution in [0.15, 0.2) is 26.1 Å². The summed E-state index contributed by atoms with van der Waals surface area (Å²) in [6, 6.07) is 2.22. The number of carbonyl (C=O) groups is 1. The van der Waals surface area contributed by atoms with Crippen molar-refractivity contribution in [3.8, 4) is 0 Å². The number of aromatic nitrogens is 2. The van der Waals surface area contributed by atoms with Gasteiger partial charge in [-0.15, -0.1) is 0 Å². The highest BCUT2D eigenvalue weighted by atomic mass is 16.3. The van der Waals surface area contributed by atoms with Crippen molar-refractivity contribution in [2.75, 3.05) is 5.32 Å². The van der Waals surface area contributed by atoms with E-state index in [0.717, 1.165) is 4.57 Å². The molecule has 0 saturated carbocycles. The van der Waals surface area contributed by atoms with Crippen LogP contribution in [0.3, 0.4) is 0 Å². The number of amides is 2. The summed E-state index contributed by atoms with van der Waals surface area (Å²) in [5.74, 6) is 1.30. The van der Waals surface area contributed by atoms with Gasteiger partial charge in [0.25, 0.3) is 5.56 Å². The number of nitrogens with zero attached hydrogens (tertiary/aromatic N) is 2. The first kappa shape index (κ1) is 13.2. The van der Waals surface area contributed by atoms with Crippen molar-refractivity contribution in [3.05, 3.63) is 50.1 Å². The van der Waals surface area contributed by atoms with Crippen LogP contribution in [0.5, 0.6) is 0 Å². The molecule has 0 aromatic carbocycles. The minimum absolute atomic E-state index is 0.186. The van der Waals surface area contributed by atoms with Crippen molar-refractivity contribution < 1.29 is 9.21 Å². The number of hydrogen-bond acceptors (Lipinski definition) is 4. The number of fused-ring (bicyclic) bond motifs is 1. The largest absolute Gasteiger partial charge is 0.464 e. The monoisotopic (exact) mass is 290 g/mol. The lowest BCUT2D eigenvalue weighted by Crippen LogP contribution is -2.48. The van der Waals surface area contributed by atoms with E-state index < -0.39 is 23.3 Å². The van der Waals surface area contributed by atoms with Crippen LogP contribution >= 0.6 is 0 Å². The van der Waals surface area contributed by atoms with Crippen molar-refractivity contribution in [3.63, 3.8) is 0 Å². The molecule has 2 aromatic rings. The summed E-state index contributed by atoms with van der Waals surface area (Å²) in [6.07, 6.45) is 0. The fourth-order valence-corrected chi connectivity index (χ4v) is 2.45. The van der Waals surface area contributed by atoms with E-state index in [4.69, 9.17) is 4.42 Å². The summed E-state index contributed by atoms with van der Waals surface area (Å²) in [5, 5.41) is 5.15. The molecule has 0 unspecified atom stereocenters. The zero-order valence-corrected chi connectivity index (χ0v) is 11.8. The molecule has 110 valence electrons. The number of carbonyl (C=O) groups excluding carboxylic acids is 1. The molecule has 21 heavy (non-hydrogen) atoms. The quantitative estimate of drug-likeness (QED) is 0.784. The topological polar surface area (TPSA) is 98.3 Å². The second-order valence-electron chi connectivity index (χ2n) is 4.95. The van der Waals surface area contributed by atoms with Gasteiger partial charge < -0.3 is 9.73 Å². The fraction of sp³-hybridized carbons (Fsp3) is 0.308. The van der Waals surface area contributed by atoms with E-state index in [1.165, 1.54) is 18.7 Å². The van der Waals surface area contributed by atoms with E-state index in [0.29, 0.717) is 11.5 Å². The first-order valence-corrected chi connectivity index (χ1v) is 6.34. The molecule has 8 heteroatoms. The Morgan fingerprint density at radius 2 is 1.86 bits per heavy atom. The third-order valence-corrected chi connectivity index (χ3v) is 3.54. The highest BCUT2D eigenvalue weighted by Gasteiger charge is 2.33. The van der Waals surface area contributed by atoms with E-state index in [-0.39, 0.29) is 11.4 Å². The van der Waals surface area contributed by atoms with Crippen LogP contribution in [0.25, 0.3) is 0 Å². The van der Waals surface area contributed by atoms with Crippen LogP contribution in [0, 0.1) is 6.92 Å². The summed E-state index contributed by atoms with van der Waals surface area (Å²) in [7, 11) is 2.89. The molecule has 2 amide bonds. The molecule has 0 bridgehead atoms. The summed E-state index contributed by atoms with van der Waals surface area (Å²) in [4.78, 5) is 36.1. The molecule has 0 spiro atoms. The minimum atomic E-state index is -0.729. The zero-order valence-electron chi connectivity index (χ0n) is 11.8. The van der Waals surface area contributed by atoms with E-state index in [1.54, 1.807) is 19.1 Å². The molecule has 1 aliphatic rings. The van der Waals surface area contributed by atoms with Crippen LogP contribution in [-0.2, 0) is 14.1 Å². The first-order valence-electron chi connectivity index (χ1n) is 6.34. The molecule has 2 N–H and O–H groups in total. The number of aryl methyl sites for hydroxylation is 1. The second-order valence-corrected chi connectivity index (χ2v) is 4.95. The van der Waals surface area contributed by atoms with Crippen LogP contribution in [-0.4, -0.2) is 15.2 Å². The van der Waals surface area contributed by atoms with Crippen molar-refractivity contribution in [1.82, 2.24) is 14.5 Å². The third kappa shape index (κ3) is 1.87. The Balaban J connectivity index is 2.32. The Morgan fingerprint density at radius 3 is 2.48 bits per heavy atom. The lowest BCUT2D eigenvalue weighted by Gasteiger charge is -2.27. The molecule has 3 rings (SSSR count). The maximum atomic E-state index is 12.4. The van der Waals surface area contributed by atoms with Gasteiger partial charge in [-0.2, -0.15) is 0 Å². The van der Waals surface area contributed by atoms with Gasteiger partial charge in [0.15, 0.2) is 0 Å². The standard InChI is InChI=1S/C13H14N4O4/c1-6-4-5-7(21-6)9-8-10(15-12(19)14-9)16(2)13(20)17(3)11(8)18/h4-5,9H,1-3H3,(H2,14,15,19)/t9-/m0/s1. The fourth-order valence-electron chi connectivity index (χ4n) is 2.45. The van der Waals surface area contributed by atoms with Gasteiger partial charge in [0.05, 0.1) is 5.56 Å². The molecule has 0 saturated heterocycles. The van der Waals surface area contributed by atoms with Crippen molar-refractivity contribution in [2.45, 2.75) is 13.0 Å². The molecule has 3 heterocycles. The predicted molar refractivity (Wildman–Crippen MR) is 74.4 cm³/mol. The number of hydrogen-bond donors (Lipinski definition) is 2. The van der Waals surface area contributed by atoms with Crippen LogP contribution in [0.4, 0.5) is 10.6 Å². The lowest BCUT2D eigenvalue weighted by atomic mass is 10.0. The number of urea groups is 1. The SMILES string of the molecule is Cc1ccc([C@@H]2NC(=O)Nc3c2c(=O)n(C)c(=O)n3C)o1. The predicted octanol–water partition coefficient (Wildman–Crippen LogP) is 0.210. The Labute approximate surface area is 119 Å². The molecule has 2 aromatic heterocycles. The number of furan rings is 1. The Hall–Kier alpha value is -2.77. The van der Waals surface area contributed by atoms with Crippen molar-refractivity contribution >= 4 is 11.8 Å². The Bertz CT molecular complexity index is 858. The minimum Gasteiger partial charge on any atom is -0.464 e. The normalized spacial score (nSPS) is 17.1. The van der Waals surface area contributed by atoms with Gasteiger partial charge in [-0.05, 0) is 19.1 Å². The molecule has 0 aliphatic carbocycles. The van der Waals surface area contributed by atoms with E-state index >= 15 is 0 Å².